The van der Waals surface area contributed by atoms with E-state index in [0.717, 1.165) is 13.0 Å². The lowest BCUT2D eigenvalue weighted by Gasteiger charge is -2.39. The maximum absolute atomic E-state index is 10.1. The van der Waals surface area contributed by atoms with Crippen molar-refractivity contribution >= 4 is 0 Å². The number of allylic oxidation sites excluding steroid dienone is 2. The molecule has 1 rings (SSSR count). The summed E-state index contributed by atoms with van der Waals surface area (Å²) in [6.45, 7) is 7.28. The van der Waals surface area contributed by atoms with Crippen molar-refractivity contribution in [1.29, 1.82) is 0 Å². The number of nitrogens with zero attached hydrogens (tertiary/aromatic N) is 1. The Balaban J connectivity index is 2.01. The average molecular weight is 352 g/mol. The summed E-state index contributed by atoms with van der Waals surface area (Å²) in [6, 6.07) is 0. The molecule has 0 aliphatic carbocycles. The Morgan fingerprint density at radius 3 is 2.16 bits per heavy atom. The Labute approximate surface area is 156 Å². The first-order chi connectivity index (χ1) is 12.2. The van der Waals surface area contributed by atoms with Gasteiger partial charge in [0.2, 0.25) is 0 Å². The predicted octanol–water partition coefficient (Wildman–Crippen LogP) is 5.82. The molecule has 25 heavy (non-hydrogen) atoms. The van der Waals surface area contributed by atoms with Gasteiger partial charge in [0.15, 0.2) is 12.4 Å². The van der Waals surface area contributed by atoms with E-state index in [4.69, 9.17) is 0 Å². The van der Waals surface area contributed by atoms with Crippen LogP contribution in [-0.4, -0.2) is 28.5 Å². The molecule has 0 radical (unpaired) electrons. The van der Waals surface area contributed by atoms with Crippen molar-refractivity contribution in [2.24, 2.45) is 0 Å². The summed E-state index contributed by atoms with van der Waals surface area (Å²) >= 11 is 0. The summed E-state index contributed by atoms with van der Waals surface area (Å²) in [5.41, 5.74) is 0. The Bertz CT molecular complexity index is 378. The molecular formula is C22H43N2O+. The standard InChI is InChI=1S/C22H43N2O/c1-4-6-7-8-9-10-11-12-13-14-15-16-17-18-22-23-19-20-24(22,5-2)21(3)25/h12-13,19-23,25H,4-11,14-18H2,1-3H3/q+1/b13-12+. The van der Waals surface area contributed by atoms with Crippen LogP contribution in [0.3, 0.4) is 0 Å². The summed E-state index contributed by atoms with van der Waals surface area (Å²) in [5, 5.41) is 13.6. The van der Waals surface area contributed by atoms with E-state index in [0.29, 0.717) is 10.6 Å². The van der Waals surface area contributed by atoms with E-state index in [2.05, 4.69) is 37.5 Å². The highest BCUT2D eigenvalue weighted by molar-refractivity contribution is 4.85. The van der Waals surface area contributed by atoms with Crippen LogP contribution in [0, 0.1) is 0 Å². The Morgan fingerprint density at radius 1 is 0.960 bits per heavy atom. The minimum atomic E-state index is -0.342. The second-order valence-corrected chi connectivity index (χ2v) is 7.61. The zero-order chi connectivity index (χ0) is 18.4. The Kier molecular flexibility index (Phi) is 11.9. The van der Waals surface area contributed by atoms with Crippen LogP contribution >= 0.6 is 0 Å². The highest BCUT2D eigenvalue weighted by Crippen LogP contribution is 2.25. The second kappa shape index (κ2) is 13.4. The normalized spacial score (nSPS) is 24.1. The molecule has 3 atom stereocenters. The van der Waals surface area contributed by atoms with Crippen molar-refractivity contribution in [2.75, 3.05) is 6.54 Å². The molecule has 0 amide bonds. The summed E-state index contributed by atoms with van der Waals surface area (Å²) in [6.07, 6.45) is 24.6. The van der Waals surface area contributed by atoms with Gasteiger partial charge in [0.05, 0.1) is 12.7 Å². The highest BCUT2D eigenvalue weighted by atomic mass is 16.3. The summed E-state index contributed by atoms with van der Waals surface area (Å²) in [4.78, 5) is 0. The van der Waals surface area contributed by atoms with Crippen molar-refractivity contribution in [3.8, 4) is 0 Å². The maximum Gasteiger partial charge on any atom is 0.193 e. The molecule has 1 heterocycles. The number of hydrogen-bond acceptors (Lipinski definition) is 2. The van der Waals surface area contributed by atoms with Crippen molar-refractivity contribution in [1.82, 2.24) is 5.32 Å². The first-order valence-corrected chi connectivity index (χ1v) is 10.8. The smallest absolute Gasteiger partial charge is 0.193 e. The molecule has 3 nitrogen and oxygen atoms in total. The molecule has 146 valence electrons. The highest BCUT2D eigenvalue weighted by Gasteiger charge is 2.40. The van der Waals surface area contributed by atoms with Gasteiger partial charge in [0.25, 0.3) is 0 Å². The zero-order valence-electron chi connectivity index (χ0n) is 17.1. The quantitative estimate of drug-likeness (QED) is 0.221. The maximum atomic E-state index is 10.1. The molecule has 3 unspecified atom stereocenters. The number of nitrogens with one attached hydrogen (secondary N) is 1. The van der Waals surface area contributed by atoms with Crippen LogP contribution in [-0.2, 0) is 0 Å². The van der Waals surface area contributed by atoms with E-state index in [1.54, 1.807) is 0 Å². The van der Waals surface area contributed by atoms with E-state index >= 15 is 0 Å². The fraction of sp³-hybridized carbons (Fsp3) is 0.818. The fourth-order valence-electron chi connectivity index (χ4n) is 3.89. The molecular weight excluding hydrogens is 308 g/mol. The third-order valence-electron chi connectivity index (χ3n) is 5.70. The van der Waals surface area contributed by atoms with Crippen molar-refractivity contribution < 1.29 is 9.59 Å². The molecule has 2 N–H and O–H groups in total. The predicted molar refractivity (Wildman–Crippen MR) is 109 cm³/mol. The monoisotopic (exact) mass is 351 g/mol. The van der Waals surface area contributed by atoms with Gasteiger partial charge in [-0.25, -0.2) is 0 Å². The molecule has 0 aromatic heterocycles. The van der Waals surface area contributed by atoms with Crippen molar-refractivity contribution in [3.05, 3.63) is 24.6 Å². The molecule has 0 saturated carbocycles. The fourth-order valence-corrected chi connectivity index (χ4v) is 3.89. The van der Waals surface area contributed by atoms with Crippen LogP contribution in [0.4, 0.5) is 0 Å². The molecule has 0 bridgehead atoms. The minimum Gasteiger partial charge on any atom is -0.345 e. The average Bonchev–Trinajstić information content (AvgIpc) is 3.03. The number of aliphatic hydroxyl groups excluding tert-OH is 1. The minimum absolute atomic E-state index is 0.341. The number of unbranched alkanes of at least 4 members (excludes halogenated alkanes) is 9. The van der Waals surface area contributed by atoms with E-state index in [1.807, 2.05) is 13.1 Å². The van der Waals surface area contributed by atoms with Crippen LogP contribution in [0.25, 0.3) is 0 Å². The zero-order valence-corrected chi connectivity index (χ0v) is 17.1. The molecule has 0 spiro atoms. The van der Waals surface area contributed by atoms with Gasteiger partial charge in [0.1, 0.15) is 6.20 Å². The Morgan fingerprint density at radius 2 is 1.56 bits per heavy atom. The van der Waals surface area contributed by atoms with Crippen LogP contribution in [0.15, 0.2) is 24.6 Å². The van der Waals surface area contributed by atoms with Gasteiger partial charge >= 0.3 is 0 Å². The van der Waals surface area contributed by atoms with Gasteiger partial charge in [-0.05, 0) is 39.0 Å². The molecule has 0 aromatic rings. The van der Waals surface area contributed by atoms with Gasteiger partial charge in [-0.3, -0.25) is 4.48 Å². The lowest BCUT2D eigenvalue weighted by molar-refractivity contribution is -0.942. The number of hydrogen-bond donors (Lipinski definition) is 2. The first-order valence-electron chi connectivity index (χ1n) is 10.8. The van der Waals surface area contributed by atoms with Gasteiger partial charge in [0, 0.05) is 13.3 Å². The van der Waals surface area contributed by atoms with E-state index in [9.17, 15) is 5.11 Å². The molecule has 0 fully saturated rings. The van der Waals surface area contributed by atoms with Crippen LogP contribution in [0.2, 0.25) is 0 Å². The number of aliphatic hydroxyl groups is 1. The molecule has 1 aliphatic heterocycles. The van der Waals surface area contributed by atoms with Crippen molar-refractivity contribution in [2.45, 2.75) is 110 Å². The largest absolute Gasteiger partial charge is 0.345 e. The summed E-state index contributed by atoms with van der Waals surface area (Å²) in [5.74, 6) is 0. The third kappa shape index (κ3) is 7.96. The van der Waals surface area contributed by atoms with E-state index in [-0.39, 0.29) is 6.23 Å². The van der Waals surface area contributed by atoms with Gasteiger partial charge in [-0.1, -0.05) is 57.6 Å². The molecule has 0 saturated heterocycles. The summed E-state index contributed by atoms with van der Waals surface area (Å²) < 4.78 is 0.665. The lowest BCUT2D eigenvalue weighted by atomic mass is 10.1. The first kappa shape index (κ1) is 22.2. The SMILES string of the molecule is CCCCCCCC/C=C/CCCCCC1NC=C[N+]1(CC)C(C)O. The number of quaternary nitrogens is 1. The second-order valence-electron chi connectivity index (χ2n) is 7.61. The van der Waals surface area contributed by atoms with Crippen LogP contribution in [0.5, 0.6) is 0 Å². The van der Waals surface area contributed by atoms with E-state index in [1.165, 1.54) is 70.6 Å². The van der Waals surface area contributed by atoms with Gasteiger partial charge < -0.3 is 10.4 Å². The summed E-state index contributed by atoms with van der Waals surface area (Å²) in [7, 11) is 0. The van der Waals surface area contributed by atoms with Gasteiger partial charge in [-0.2, -0.15) is 0 Å². The van der Waals surface area contributed by atoms with Crippen LogP contribution in [0.1, 0.15) is 97.8 Å². The number of rotatable bonds is 15. The van der Waals surface area contributed by atoms with E-state index < -0.39 is 0 Å². The van der Waals surface area contributed by atoms with Crippen LogP contribution < -0.4 is 5.32 Å². The third-order valence-corrected chi connectivity index (χ3v) is 5.70. The van der Waals surface area contributed by atoms with Crippen molar-refractivity contribution in [3.63, 3.8) is 0 Å². The molecule has 3 heteroatoms. The topological polar surface area (TPSA) is 32.3 Å². The van der Waals surface area contributed by atoms with Gasteiger partial charge in [-0.15, -0.1) is 0 Å². The molecule has 1 aliphatic rings. The Hall–Kier alpha value is -0.800. The molecule has 0 aromatic carbocycles. The lowest BCUT2D eigenvalue weighted by Crippen LogP contribution is -2.57.